The number of benzene rings is 2. The SMILES string of the molecule is CS(=O)(=O)c1cc(F)c(-c2csc(=O)n2-c2ccccc2)cc1F. The van der Waals surface area contributed by atoms with Crippen LogP contribution < -0.4 is 4.87 Å². The summed E-state index contributed by atoms with van der Waals surface area (Å²) in [4.78, 5) is 11.0. The molecule has 0 aliphatic carbocycles. The van der Waals surface area contributed by atoms with Gasteiger partial charge in [0.25, 0.3) is 0 Å². The Morgan fingerprint density at radius 1 is 1.04 bits per heavy atom. The van der Waals surface area contributed by atoms with Gasteiger partial charge in [0.1, 0.15) is 16.5 Å². The molecule has 0 fully saturated rings. The van der Waals surface area contributed by atoms with Gasteiger partial charge in [-0.3, -0.25) is 9.36 Å². The topological polar surface area (TPSA) is 56.1 Å². The van der Waals surface area contributed by atoms with Crippen LogP contribution in [-0.4, -0.2) is 19.2 Å². The fourth-order valence-corrected chi connectivity index (χ4v) is 3.81. The van der Waals surface area contributed by atoms with E-state index < -0.39 is 26.4 Å². The number of hydrogen-bond acceptors (Lipinski definition) is 4. The number of para-hydroxylation sites is 1. The molecule has 0 atom stereocenters. The van der Waals surface area contributed by atoms with Gasteiger partial charge in [-0.25, -0.2) is 17.2 Å². The lowest BCUT2D eigenvalue weighted by Gasteiger charge is -2.10. The summed E-state index contributed by atoms with van der Waals surface area (Å²) in [6.07, 6.45) is 0.801. The number of sulfone groups is 1. The quantitative estimate of drug-likeness (QED) is 0.714. The van der Waals surface area contributed by atoms with Gasteiger partial charge in [-0.2, -0.15) is 0 Å². The van der Waals surface area contributed by atoms with Crippen molar-refractivity contribution in [1.82, 2.24) is 4.57 Å². The Morgan fingerprint density at radius 3 is 2.33 bits per heavy atom. The van der Waals surface area contributed by atoms with Crippen molar-refractivity contribution in [2.75, 3.05) is 6.26 Å². The maximum atomic E-state index is 14.4. The molecule has 124 valence electrons. The predicted molar refractivity (Wildman–Crippen MR) is 88.4 cm³/mol. The van der Waals surface area contributed by atoms with E-state index in [4.69, 9.17) is 0 Å². The monoisotopic (exact) mass is 367 g/mol. The van der Waals surface area contributed by atoms with E-state index in [1.165, 1.54) is 9.95 Å². The second-order valence-corrected chi connectivity index (χ2v) is 7.90. The van der Waals surface area contributed by atoms with Crippen LogP contribution in [0.3, 0.4) is 0 Å². The zero-order valence-corrected chi connectivity index (χ0v) is 14.0. The fourth-order valence-electron chi connectivity index (χ4n) is 2.32. The first-order chi connectivity index (χ1) is 11.3. The van der Waals surface area contributed by atoms with E-state index in [2.05, 4.69) is 0 Å². The highest BCUT2D eigenvalue weighted by Gasteiger charge is 2.21. The third-order valence-corrected chi connectivity index (χ3v) is 5.24. The Balaban J connectivity index is 2.26. The predicted octanol–water partition coefficient (Wildman–Crippen LogP) is 3.25. The molecule has 0 radical (unpaired) electrons. The number of nitrogens with zero attached hydrogens (tertiary/aromatic N) is 1. The van der Waals surface area contributed by atoms with E-state index >= 15 is 0 Å². The minimum Gasteiger partial charge on any atom is -0.267 e. The second kappa shape index (κ2) is 5.95. The van der Waals surface area contributed by atoms with Crippen molar-refractivity contribution in [1.29, 1.82) is 0 Å². The van der Waals surface area contributed by atoms with Crippen molar-refractivity contribution >= 4 is 21.2 Å². The average Bonchev–Trinajstić information content (AvgIpc) is 2.90. The molecule has 4 nitrogen and oxygen atoms in total. The number of rotatable bonds is 3. The first-order valence-corrected chi connectivity index (χ1v) is 9.51. The zero-order chi connectivity index (χ0) is 17.5. The molecule has 2 aromatic carbocycles. The number of aromatic nitrogens is 1. The van der Waals surface area contributed by atoms with Crippen LogP contribution in [0.1, 0.15) is 0 Å². The zero-order valence-electron chi connectivity index (χ0n) is 12.4. The van der Waals surface area contributed by atoms with Crippen LogP contribution >= 0.6 is 11.3 Å². The van der Waals surface area contributed by atoms with Gasteiger partial charge in [0.05, 0.1) is 11.4 Å². The maximum Gasteiger partial charge on any atom is 0.312 e. The molecule has 0 saturated heterocycles. The molecule has 0 unspecified atom stereocenters. The van der Waals surface area contributed by atoms with Gasteiger partial charge >= 0.3 is 4.87 Å². The third kappa shape index (κ3) is 2.90. The van der Waals surface area contributed by atoms with E-state index in [0.29, 0.717) is 11.8 Å². The van der Waals surface area contributed by atoms with Gasteiger partial charge in [-0.05, 0) is 24.3 Å². The molecule has 3 aromatic rings. The lowest BCUT2D eigenvalue weighted by atomic mass is 10.1. The standard InChI is InChI=1S/C16H11F2NO3S2/c1-24(21,22)15-8-12(17)11(7-13(15)18)14-9-23-16(20)19(14)10-5-3-2-4-6-10/h2-9H,1H3. The van der Waals surface area contributed by atoms with Gasteiger partial charge in [0, 0.05) is 17.2 Å². The highest BCUT2D eigenvalue weighted by Crippen LogP contribution is 2.29. The van der Waals surface area contributed by atoms with E-state index in [1.54, 1.807) is 30.3 Å². The van der Waals surface area contributed by atoms with Gasteiger partial charge < -0.3 is 0 Å². The summed E-state index contributed by atoms with van der Waals surface area (Å²) in [5.74, 6) is -1.98. The molecular formula is C16H11F2NO3S2. The van der Waals surface area contributed by atoms with Crippen LogP contribution in [0.25, 0.3) is 16.9 Å². The first-order valence-electron chi connectivity index (χ1n) is 6.74. The van der Waals surface area contributed by atoms with E-state index in [1.807, 2.05) is 0 Å². The Bertz CT molecular complexity index is 1070. The minimum absolute atomic E-state index is 0.160. The lowest BCUT2D eigenvalue weighted by Crippen LogP contribution is -2.12. The molecule has 0 spiro atoms. The van der Waals surface area contributed by atoms with E-state index in [9.17, 15) is 22.0 Å². The largest absolute Gasteiger partial charge is 0.312 e. The molecule has 0 bridgehead atoms. The fraction of sp³-hybridized carbons (Fsp3) is 0.0625. The van der Waals surface area contributed by atoms with Crippen molar-refractivity contribution in [2.24, 2.45) is 0 Å². The second-order valence-electron chi connectivity index (χ2n) is 5.09. The van der Waals surface area contributed by atoms with Gasteiger partial charge in [0.15, 0.2) is 9.84 Å². The number of hydrogen-bond donors (Lipinski definition) is 0. The van der Waals surface area contributed by atoms with Gasteiger partial charge in [-0.1, -0.05) is 29.5 Å². The molecule has 0 amide bonds. The summed E-state index contributed by atoms with van der Waals surface area (Å²) >= 11 is 0.845. The molecule has 3 rings (SSSR count). The smallest absolute Gasteiger partial charge is 0.267 e. The van der Waals surface area contributed by atoms with Gasteiger partial charge in [-0.15, -0.1) is 0 Å². The summed E-state index contributed by atoms with van der Waals surface area (Å²) in [6.45, 7) is 0. The van der Waals surface area contributed by atoms with Crippen molar-refractivity contribution in [3.8, 4) is 16.9 Å². The van der Waals surface area contributed by atoms with Crippen LogP contribution in [0.4, 0.5) is 8.78 Å². The Morgan fingerprint density at radius 2 is 1.71 bits per heavy atom. The summed E-state index contributed by atoms with van der Waals surface area (Å²) < 4.78 is 52.8. The summed E-state index contributed by atoms with van der Waals surface area (Å²) in [5, 5.41) is 1.41. The summed E-state index contributed by atoms with van der Waals surface area (Å²) in [7, 11) is -3.89. The molecule has 1 heterocycles. The summed E-state index contributed by atoms with van der Waals surface area (Å²) in [6, 6.07) is 9.96. The third-order valence-electron chi connectivity index (χ3n) is 3.41. The van der Waals surface area contributed by atoms with E-state index in [0.717, 1.165) is 23.7 Å². The number of thiazole rings is 1. The van der Waals surface area contributed by atoms with Crippen molar-refractivity contribution in [2.45, 2.75) is 4.90 Å². The summed E-state index contributed by atoms with van der Waals surface area (Å²) in [5.41, 5.74) is 0.487. The lowest BCUT2D eigenvalue weighted by molar-refractivity contribution is 0.557. The molecule has 0 N–H and O–H groups in total. The van der Waals surface area contributed by atoms with Crippen LogP contribution in [0, 0.1) is 11.6 Å². The minimum atomic E-state index is -3.89. The Hall–Kier alpha value is -2.32. The molecule has 0 saturated carbocycles. The Labute approximate surface area is 140 Å². The molecule has 0 aliphatic rings. The van der Waals surface area contributed by atoms with Crippen LogP contribution in [0.15, 0.2) is 57.5 Å². The van der Waals surface area contributed by atoms with E-state index in [-0.39, 0.29) is 16.1 Å². The normalized spacial score (nSPS) is 11.6. The number of halogens is 2. The molecule has 1 aromatic heterocycles. The van der Waals surface area contributed by atoms with Crippen LogP contribution in [-0.2, 0) is 9.84 Å². The highest BCUT2D eigenvalue weighted by atomic mass is 32.2. The molecule has 24 heavy (non-hydrogen) atoms. The van der Waals surface area contributed by atoms with Crippen molar-refractivity contribution < 1.29 is 17.2 Å². The van der Waals surface area contributed by atoms with Crippen molar-refractivity contribution in [3.05, 3.63) is 69.1 Å². The van der Waals surface area contributed by atoms with Gasteiger partial charge in [0.2, 0.25) is 0 Å². The maximum absolute atomic E-state index is 14.4. The highest BCUT2D eigenvalue weighted by molar-refractivity contribution is 7.90. The molecular weight excluding hydrogens is 356 g/mol. The Kier molecular flexibility index (Phi) is 4.10. The molecule has 8 heteroatoms. The van der Waals surface area contributed by atoms with Crippen LogP contribution in [0.2, 0.25) is 0 Å². The molecule has 0 aliphatic heterocycles. The average molecular weight is 367 g/mol. The first kappa shape index (κ1) is 16.5. The van der Waals surface area contributed by atoms with Crippen LogP contribution in [0.5, 0.6) is 0 Å². The van der Waals surface area contributed by atoms with Crippen molar-refractivity contribution in [3.63, 3.8) is 0 Å².